The van der Waals surface area contributed by atoms with Crippen LogP contribution in [0.1, 0.15) is 15.9 Å². The van der Waals surface area contributed by atoms with Gasteiger partial charge in [-0.25, -0.2) is 0 Å². The first kappa shape index (κ1) is 17.7. The lowest BCUT2D eigenvalue weighted by Crippen LogP contribution is -2.15. The molecule has 0 radical (unpaired) electrons. The Kier molecular flexibility index (Phi) is 5.02. The number of nitrogens with one attached hydrogen (secondary N) is 1. The fourth-order valence-corrected chi connectivity index (χ4v) is 3.19. The van der Waals surface area contributed by atoms with E-state index in [2.05, 4.69) is 4.98 Å². The quantitative estimate of drug-likeness (QED) is 0.392. The number of fused-ring (bicyclic) bond motifs is 1. The minimum atomic E-state index is -0.416. The van der Waals surface area contributed by atoms with Crippen LogP contribution in [0.2, 0.25) is 0 Å². The maximum Gasteiger partial charge on any atom is 0.310 e. The Morgan fingerprint density at radius 2 is 1.46 bits per heavy atom. The van der Waals surface area contributed by atoms with Gasteiger partial charge in [-0.15, -0.1) is 0 Å². The first-order valence-corrected chi connectivity index (χ1v) is 9.10. The number of aromatic nitrogens is 1. The Balaban J connectivity index is 1.35. The van der Waals surface area contributed by atoms with Crippen LogP contribution in [0, 0.1) is 0 Å². The van der Waals surface area contributed by atoms with Crippen LogP contribution in [-0.2, 0) is 16.0 Å². The molecule has 28 heavy (non-hydrogen) atoms. The summed E-state index contributed by atoms with van der Waals surface area (Å²) in [5.41, 5.74) is 4.49. The lowest BCUT2D eigenvalue weighted by molar-refractivity contribution is -0.141. The van der Waals surface area contributed by atoms with Crippen LogP contribution in [0.15, 0.2) is 85.1 Å². The number of benzene rings is 3. The van der Waals surface area contributed by atoms with Crippen LogP contribution in [0.4, 0.5) is 0 Å². The summed E-state index contributed by atoms with van der Waals surface area (Å²) < 4.78 is 5.19. The molecule has 0 bridgehead atoms. The fourth-order valence-electron chi connectivity index (χ4n) is 3.19. The predicted molar refractivity (Wildman–Crippen MR) is 109 cm³/mol. The van der Waals surface area contributed by atoms with Crippen molar-refractivity contribution in [3.8, 4) is 11.1 Å². The van der Waals surface area contributed by atoms with Crippen LogP contribution < -0.4 is 0 Å². The van der Waals surface area contributed by atoms with E-state index in [1.807, 2.05) is 78.9 Å². The first-order chi connectivity index (χ1) is 13.7. The molecule has 1 heterocycles. The fraction of sp³-hybridized carbons (Fsp3) is 0.0833. The number of H-pyrrole nitrogens is 1. The number of aromatic amines is 1. The van der Waals surface area contributed by atoms with Gasteiger partial charge in [-0.2, -0.15) is 0 Å². The molecule has 138 valence electrons. The summed E-state index contributed by atoms with van der Waals surface area (Å²) in [5, 5.41) is 0.833. The Morgan fingerprint density at radius 1 is 0.786 bits per heavy atom. The average molecular weight is 369 g/mol. The van der Waals surface area contributed by atoms with Crippen molar-refractivity contribution in [3.05, 3.63) is 96.2 Å². The monoisotopic (exact) mass is 369 g/mol. The molecule has 0 aliphatic rings. The Labute approximate surface area is 162 Å². The van der Waals surface area contributed by atoms with E-state index >= 15 is 0 Å². The molecular weight excluding hydrogens is 350 g/mol. The summed E-state index contributed by atoms with van der Waals surface area (Å²) in [7, 11) is 0. The molecule has 0 unspecified atom stereocenters. The maximum atomic E-state index is 12.4. The number of hydrogen-bond acceptors (Lipinski definition) is 3. The van der Waals surface area contributed by atoms with Gasteiger partial charge >= 0.3 is 5.97 Å². The van der Waals surface area contributed by atoms with E-state index in [0.29, 0.717) is 5.56 Å². The summed E-state index contributed by atoms with van der Waals surface area (Å²) >= 11 is 0. The van der Waals surface area contributed by atoms with Gasteiger partial charge in [0.1, 0.15) is 0 Å². The summed E-state index contributed by atoms with van der Waals surface area (Å²) in [5.74, 6) is -0.633. The van der Waals surface area contributed by atoms with Crippen LogP contribution in [0.25, 0.3) is 22.0 Å². The summed E-state index contributed by atoms with van der Waals surface area (Å²) in [4.78, 5) is 27.6. The number of ether oxygens (including phenoxy) is 1. The van der Waals surface area contributed by atoms with Crippen molar-refractivity contribution < 1.29 is 14.3 Å². The number of para-hydroxylation sites is 1. The SMILES string of the molecule is O=C(Cc1ccc(-c2ccccc2)cc1)OCC(=O)c1c[nH]c2ccccc12. The second-order valence-corrected chi connectivity index (χ2v) is 6.57. The second kappa shape index (κ2) is 7.92. The third-order valence-electron chi connectivity index (χ3n) is 4.66. The number of rotatable bonds is 6. The van der Waals surface area contributed by atoms with E-state index in [-0.39, 0.29) is 18.8 Å². The molecule has 0 amide bonds. The van der Waals surface area contributed by atoms with Crippen LogP contribution in [-0.4, -0.2) is 23.3 Å². The Morgan fingerprint density at radius 3 is 2.25 bits per heavy atom. The Bertz CT molecular complexity index is 1110. The van der Waals surface area contributed by atoms with Crippen molar-refractivity contribution in [1.29, 1.82) is 0 Å². The topological polar surface area (TPSA) is 59.2 Å². The highest BCUT2D eigenvalue weighted by atomic mass is 16.5. The molecule has 4 rings (SSSR count). The largest absolute Gasteiger partial charge is 0.457 e. The molecule has 3 aromatic carbocycles. The number of carbonyl (C=O) groups excluding carboxylic acids is 2. The number of Topliss-reactive ketones (excluding diaryl/α,β-unsaturated/α-hetero) is 1. The molecule has 1 aromatic heterocycles. The van der Waals surface area contributed by atoms with Gasteiger partial charge in [-0.3, -0.25) is 9.59 Å². The molecule has 4 nitrogen and oxygen atoms in total. The van der Waals surface area contributed by atoms with Crippen molar-refractivity contribution >= 4 is 22.7 Å². The van der Waals surface area contributed by atoms with E-state index in [0.717, 1.165) is 27.6 Å². The zero-order valence-electron chi connectivity index (χ0n) is 15.2. The Hall–Kier alpha value is -3.66. The van der Waals surface area contributed by atoms with Crippen molar-refractivity contribution in [2.75, 3.05) is 6.61 Å². The van der Waals surface area contributed by atoms with Crippen molar-refractivity contribution in [3.63, 3.8) is 0 Å². The second-order valence-electron chi connectivity index (χ2n) is 6.57. The zero-order chi connectivity index (χ0) is 19.3. The van der Waals surface area contributed by atoms with E-state index in [9.17, 15) is 9.59 Å². The van der Waals surface area contributed by atoms with E-state index in [1.54, 1.807) is 6.20 Å². The number of hydrogen-bond donors (Lipinski definition) is 1. The van der Waals surface area contributed by atoms with Crippen LogP contribution in [0.5, 0.6) is 0 Å². The molecule has 4 aromatic rings. The molecule has 0 atom stereocenters. The molecular formula is C24H19NO3. The van der Waals surface area contributed by atoms with Gasteiger partial charge in [0.25, 0.3) is 0 Å². The molecule has 0 spiro atoms. The highest BCUT2D eigenvalue weighted by molar-refractivity contribution is 6.08. The molecule has 0 aliphatic carbocycles. The van der Waals surface area contributed by atoms with Gasteiger partial charge in [0, 0.05) is 22.7 Å². The van der Waals surface area contributed by atoms with Crippen LogP contribution in [0.3, 0.4) is 0 Å². The molecule has 1 N–H and O–H groups in total. The van der Waals surface area contributed by atoms with Gasteiger partial charge in [0.05, 0.1) is 6.42 Å². The summed E-state index contributed by atoms with van der Waals surface area (Å²) in [6, 6.07) is 25.4. The summed E-state index contributed by atoms with van der Waals surface area (Å²) in [6.45, 7) is -0.261. The standard InChI is InChI=1S/C24H19NO3/c26-23(21-15-25-22-9-5-4-8-20(21)22)16-28-24(27)14-17-10-12-19(13-11-17)18-6-2-1-3-7-18/h1-13,15,25H,14,16H2. The van der Waals surface area contributed by atoms with E-state index < -0.39 is 5.97 Å². The predicted octanol–water partition coefficient (Wildman–Crippen LogP) is 4.80. The number of esters is 1. The van der Waals surface area contributed by atoms with Gasteiger partial charge in [0.2, 0.25) is 5.78 Å². The zero-order valence-corrected chi connectivity index (χ0v) is 15.2. The lowest BCUT2D eigenvalue weighted by atomic mass is 10.0. The number of carbonyl (C=O) groups is 2. The third kappa shape index (κ3) is 3.86. The van der Waals surface area contributed by atoms with Crippen molar-refractivity contribution in [2.45, 2.75) is 6.42 Å². The smallest absolute Gasteiger partial charge is 0.310 e. The average Bonchev–Trinajstić information content (AvgIpc) is 3.17. The molecule has 4 heteroatoms. The maximum absolute atomic E-state index is 12.4. The van der Waals surface area contributed by atoms with Gasteiger partial charge in [0.15, 0.2) is 6.61 Å². The van der Waals surface area contributed by atoms with Gasteiger partial charge in [-0.1, -0.05) is 72.8 Å². The lowest BCUT2D eigenvalue weighted by Gasteiger charge is -2.06. The molecule has 0 fully saturated rings. The molecule has 0 saturated carbocycles. The van der Waals surface area contributed by atoms with E-state index in [4.69, 9.17) is 4.74 Å². The van der Waals surface area contributed by atoms with Crippen LogP contribution >= 0.6 is 0 Å². The third-order valence-corrected chi connectivity index (χ3v) is 4.66. The van der Waals surface area contributed by atoms with E-state index in [1.165, 1.54) is 0 Å². The minimum Gasteiger partial charge on any atom is -0.457 e. The van der Waals surface area contributed by atoms with Crippen molar-refractivity contribution in [2.24, 2.45) is 0 Å². The normalized spacial score (nSPS) is 10.7. The minimum absolute atomic E-state index is 0.135. The van der Waals surface area contributed by atoms with Gasteiger partial charge < -0.3 is 9.72 Å². The highest BCUT2D eigenvalue weighted by Gasteiger charge is 2.14. The first-order valence-electron chi connectivity index (χ1n) is 9.10. The molecule has 0 aliphatic heterocycles. The summed E-state index contributed by atoms with van der Waals surface area (Å²) in [6.07, 6.45) is 1.79. The number of ketones is 1. The van der Waals surface area contributed by atoms with Crippen molar-refractivity contribution in [1.82, 2.24) is 4.98 Å². The van der Waals surface area contributed by atoms with Gasteiger partial charge in [-0.05, 0) is 22.8 Å². The highest BCUT2D eigenvalue weighted by Crippen LogP contribution is 2.20. The molecule has 0 saturated heterocycles.